The van der Waals surface area contributed by atoms with E-state index in [1.807, 2.05) is 48.5 Å². The summed E-state index contributed by atoms with van der Waals surface area (Å²) in [5.74, 6) is -0.774. The first kappa shape index (κ1) is 18.9. The number of nitrogens with zero attached hydrogens (tertiary/aromatic N) is 2. The van der Waals surface area contributed by atoms with Gasteiger partial charge in [0, 0.05) is 0 Å². The van der Waals surface area contributed by atoms with Crippen LogP contribution in [0.3, 0.4) is 0 Å². The van der Waals surface area contributed by atoms with Crippen LogP contribution in [-0.2, 0) is 17.4 Å². The van der Waals surface area contributed by atoms with Gasteiger partial charge < -0.3 is 0 Å². The maximum atomic E-state index is 13.2. The summed E-state index contributed by atoms with van der Waals surface area (Å²) in [6.07, 6.45) is -4.11. The minimum atomic E-state index is -4.39. The van der Waals surface area contributed by atoms with E-state index in [1.165, 1.54) is 17.1 Å². The maximum Gasteiger partial charge on any atom is 0.416 e. The lowest BCUT2D eigenvalue weighted by Crippen LogP contribution is -2.29. The van der Waals surface area contributed by atoms with Crippen LogP contribution in [0.15, 0.2) is 90.0 Å². The number of para-hydroxylation sites is 1. The van der Waals surface area contributed by atoms with Gasteiger partial charge in [0.1, 0.15) is 0 Å². The Kier molecular flexibility index (Phi) is 4.92. The van der Waals surface area contributed by atoms with Crippen molar-refractivity contribution < 1.29 is 18.0 Å². The fourth-order valence-corrected chi connectivity index (χ4v) is 3.36. The van der Waals surface area contributed by atoms with Crippen molar-refractivity contribution in [2.24, 2.45) is 11.0 Å². The van der Waals surface area contributed by atoms with Crippen LogP contribution in [0.2, 0.25) is 0 Å². The van der Waals surface area contributed by atoms with Crippen LogP contribution < -0.4 is 5.01 Å². The third-order valence-corrected chi connectivity index (χ3v) is 4.84. The van der Waals surface area contributed by atoms with Crippen LogP contribution in [0.5, 0.6) is 0 Å². The van der Waals surface area contributed by atoms with Gasteiger partial charge in [0.25, 0.3) is 5.91 Å². The number of alkyl halides is 3. The van der Waals surface area contributed by atoms with Crippen LogP contribution in [0.1, 0.15) is 16.7 Å². The molecule has 1 aliphatic heterocycles. The molecule has 0 saturated carbocycles. The van der Waals surface area contributed by atoms with E-state index < -0.39 is 17.7 Å². The molecule has 3 aromatic rings. The van der Waals surface area contributed by atoms with Crippen molar-refractivity contribution in [2.75, 3.05) is 5.01 Å². The Labute approximate surface area is 166 Å². The Morgan fingerprint density at radius 2 is 1.41 bits per heavy atom. The molecule has 1 amide bonds. The monoisotopic (exact) mass is 394 g/mol. The third-order valence-electron chi connectivity index (χ3n) is 4.84. The SMILES string of the molecule is O=C1C(Cc2ccc(C(F)(F)F)cc2)C(c2ccccc2)=NN1c1ccccc1. The molecule has 3 aromatic carbocycles. The van der Waals surface area contributed by atoms with Crippen molar-refractivity contribution in [2.45, 2.75) is 12.6 Å². The minimum Gasteiger partial charge on any atom is -0.272 e. The van der Waals surface area contributed by atoms with Gasteiger partial charge in [-0.2, -0.15) is 23.3 Å². The molecule has 0 fully saturated rings. The van der Waals surface area contributed by atoms with Gasteiger partial charge in [-0.15, -0.1) is 0 Å². The first-order valence-electron chi connectivity index (χ1n) is 9.12. The van der Waals surface area contributed by atoms with E-state index in [9.17, 15) is 18.0 Å². The highest BCUT2D eigenvalue weighted by molar-refractivity contribution is 6.21. The number of carbonyl (C=O) groups excluding carboxylic acids is 1. The van der Waals surface area contributed by atoms with Gasteiger partial charge in [-0.25, -0.2) is 0 Å². The van der Waals surface area contributed by atoms with Crippen LogP contribution in [0, 0.1) is 5.92 Å². The highest BCUT2D eigenvalue weighted by atomic mass is 19.4. The zero-order valence-electron chi connectivity index (χ0n) is 15.3. The lowest BCUT2D eigenvalue weighted by Gasteiger charge is -2.15. The first-order chi connectivity index (χ1) is 13.9. The molecule has 6 heteroatoms. The Bertz CT molecular complexity index is 1030. The number of carbonyl (C=O) groups is 1. The Morgan fingerprint density at radius 1 is 0.828 bits per heavy atom. The molecule has 29 heavy (non-hydrogen) atoms. The molecular formula is C23H17F3N2O. The van der Waals surface area contributed by atoms with Crippen molar-refractivity contribution >= 4 is 17.3 Å². The predicted octanol–water partition coefficient (Wildman–Crippen LogP) is 5.32. The number of benzene rings is 3. The molecule has 0 spiro atoms. The normalized spacial score (nSPS) is 16.8. The van der Waals surface area contributed by atoms with Gasteiger partial charge in [0.05, 0.1) is 22.9 Å². The second-order valence-corrected chi connectivity index (χ2v) is 6.79. The van der Waals surface area contributed by atoms with Gasteiger partial charge in [-0.05, 0) is 41.8 Å². The molecule has 1 atom stereocenters. The van der Waals surface area contributed by atoms with E-state index in [-0.39, 0.29) is 12.3 Å². The second kappa shape index (κ2) is 7.54. The molecule has 0 aliphatic carbocycles. The number of halogens is 3. The summed E-state index contributed by atoms with van der Waals surface area (Å²) in [6.45, 7) is 0. The Balaban J connectivity index is 1.67. The van der Waals surface area contributed by atoms with E-state index in [0.29, 0.717) is 17.0 Å². The number of hydrazone groups is 1. The van der Waals surface area contributed by atoms with Crippen LogP contribution >= 0.6 is 0 Å². The molecule has 0 radical (unpaired) electrons. The molecule has 1 unspecified atom stereocenters. The average Bonchev–Trinajstić information content (AvgIpc) is 3.05. The number of rotatable bonds is 4. The summed E-state index contributed by atoms with van der Waals surface area (Å²) in [4.78, 5) is 13.2. The van der Waals surface area contributed by atoms with Crippen molar-refractivity contribution in [3.05, 3.63) is 102 Å². The van der Waals surface area contributed by atoms with Crippen molar-refractivity contribution in [1.82, 2.24) is 0 Å². The summed E-state index contributed by atoms with van der Waals surface area (Å²) < 4.78 is 38.5. The molecular weight excluding hydrogens is 377 g/mol. The molecule has 146 valence electrons. The zero-order valence-corrected chi connectivity index (χ0v) is 15.3. The molecule has 4 rings (SSSR count). The summed E-state index contributed by atoms with van der Waals surface area (Å²) >= 11 is 0. The quantitative estimate of drug-likeness (QED) is 0.590. The third kappa shape index (κ3) is 3.92. The van der Waals surface area contributed by atoms with Crippen molar-refractivity contribution in [1.29, 1.82) is 0 Å². The van der Waals surface area contributed by atoms with Crippen LogP contribution in [0.25, 0.3) is 0 Å². The number of anilines is 1. The topological polar surface area (TPSA) is 32.7 Å². The average molecular weight is 394 g/mol. The Hall–Kier alpha value is -3.41. The summed E-state index contributed by atoms with van der Waals surface area (Å²) in [6, 6.07) is 23.4. The summed E-state index contributed by atoms with van der Waals surface area (Å²) in [7, 11) is 0. The van der Waals surface area contributed by atoms with Gasteiger partial charge in [-0.3, -0.25) is 4.79 Å². The standard InChI is InChI=1S/C23H17F3N2O/c24-23(25,26)18-13-11-16(12-14-18)15-20-21(17-7-3-1-4-8-17)27-28(22(20)29)19-9-5-2-6-10-19/h1-14,20H,15H2. The van der Waals surface area contributed by atoms with Gasteiger partial charge in [0.2, 0.25) is 0 Å². The molecule has 0 N–H and O–H groups in total. The largest absolute Gasteiger partial charge is 0.416 e. The van der Waals surface area contributed by atoms with Crippen molar-refractivity contribution in [3.8, 4) is 0 Å². The highest BCUT2D eigenvalue weighted by Crippen LogP contribution is 2.31. The lowest BCUT2D eigenvalue weighted by atomic mass is 9.90. The van der Waals surface area contributed by atoms with E-state index in [2.05, 4.69) is 5.10 Å². The number of hydrogen-bond donors (Lipinski definition) is 0. The zero-order chi connectivity index (χ0) is 20.4. The fraction of sp³-hybridized carbons (Fsp3) is 0.130. The molecule has 0 saturated heterocycles. The van der Waals surface area contributed by atoms with E-state index in [1.54, 1.807) is 12.1 Å². The minimum absolute atomic E-state index is 0.199. The lowest BCUT2D eigenvalue weighted by molar-refractivity contribution is -0.137. The van der Waals surface area contributed by atoms with E-state index in [4.69, 9.17) is 0 Å². The summed E-state index contributed by atoms with van der Waals surface area (Å²) in [5, 5.41) is 5.94. The number of hydrogen-bond acceptors (Lipinski definition) is 2. The van der Waals surface area contributed by atoms with Gasteiger partial charge in [-0.1, -0.05) is 60.7 Å². The fourth-order valence-electron chi connectivity index (χ4n) is 3.36. The highest BCUT2D eigenvalue weighted by Gasteiger charge is 2.37. The van der Waals surface area contributed by atoms with Crippen LogP contribution in [-0.4, -0.2) is 11.6 Å². The van der Waals surface area contributed by atoms with E-state index >= 15 is 0 Å². The molecule has 3 nitrogen and oxygen atoms in total. The molecule has 1 aliphatic rings. The summed E-state index contributed by atoms with van der Waals surface area (Å²) in [5.41, 5.74) is 2.02. The molecule has 0 aromatic heterocycles. The van der Waals surface area contributed by atoms with Gasteiger partial charge >= 0.3 is 6.18 Å². The molecule has 1 heterocycles. The van der Waals surface area contributed by atoms with E-state index in [0.717, 1.165) is 17.7 Å². The van der Waals surface area contributed by atoms with Gasteiger partial charge in [0.15, 0.2) is 0 Å². The van der Waals surface area contributed by atoms with Crippen molar-refractivity contribution in [3.63, 3.8) is 0 Å². The smallest absolute Gasteiger partial charge is 0.272 e. The number of amides is 1. The van der Waals surface area contributed by atoms with Crippen LogP contribution in [0.4, 0.5) is 18.9 Å². The first-order valence-corrected chi connectivity index (χ1v) is 9.12. The second-order valence-electron chi connectivity index (χ2n) is 6.79. The maximum absolute atomic E-state index is 13.2. The Morgan fingerprint density at radius 3 is 2.00 bits per heavy atom. The predicted molar refractivity (Wildman–Crippen MR) is 106 cm³/mol. The molecule has 0 bridgehead atoms.